The van der Waals surface area contributed by atoms with E-state index in [0.717, 1.165) is 18.2 Å². The average molecular weight is 939 g/mol. The van der Waals surface area contributed by atoms with Crippen LogP contribution in [0.3, 0.4) is 0 Å². The summed E-state index contributed by atoms with van der Waals surface area (Å²) in [7, 11) is -4.20. The zero-order chi connectivity index (χ0) is 46.4. The van der Waals surface area contributed by atoms with Gasteiger partial charge in [0.05, 0.1) is 33.9 Å². The van der Waals surface area contributed by atoms with E-state index in [1.54, 1.807) is 0 Å². The zero-order valence-electron chi connectivity index (χ0n) is 32.9. The molecule has 2 aliphatic rings. The van der Waals surface area contributed by atoms with Crippen molar-refractivity contribution in [3.05, 3.63) is 87.3 Å². The maximum atomic E-state index is 15.4. The van der Waals surface area contributed by atoms with E-state index in [0.29, 0.717) is 17.0 Å². The van der Waals surface area contributed by atoms with Crippen molar-refractivity contribution in [1.29, 1.82) is 0 Å². The lowest BCUT2D eigenvalue weighted by Gasteiger charge is -2.24. The summed E-state index contributed by atoms with van der Waals surface area (Å²) in [6.07, 6.45) is -11.4. The number of amides is 2. The van der Waals surface area contributed by atoms with Gasteiger partial charge in [0, 0.05) is 28.7 Å². The maximum Gasteiger partial charge on any atom is 0.435 e. The number of benzene rings is 2. The van der Waals surface area contributed by atoms with E-state index in [9.17, 15) is 53.1 Å². The van der Waals surface area contributed by atoms with Gasteiger partial charge in [-0.05, 0) is 75.4 Å². The second-order valence-electron chi connectivity index (χ2n) is 16.0. The Kier molecular flexibility index (Phi) is 11.2. The minimum absolute atomic E-state index is 0.190. The zero-order valence-corrected chi connectivity index (χ0v) is 34.5. The molecule has 1 fully saturated rings. The van der Waals surface area contributed by atoms with Crippen LogP contribution in [0.25, 0.3) is 22.0 Å². The molecule has 0 unspecified atom stereocenters. The molecule has 0 aliphatic heterocycles. The number of hydrogen-bond acceptors (Lipinski definition) is 8. The molecule has 25 heteroatoms. The van der Waals surface area contributed by atoms with Crippen molar-refractivity contribution in [1.82, 2.24) is 29.9 Å². The Morgan fingerprint density at radius 1 is 0.968 bits per heavy atom. The molecule has 0 saturated heterocycles. The van der Waals surface area contributed by atoms with Crippen LogP contribution in [0, 0.1) is 17.6 Å². The first-order valence-corrected chi connectivity index (χ1v) is 20.8. The Bertz CT molecular complexity index is 2770. The normalized spacial score (nSPS) is 17.6. The quantitative estimate of drug-likeness (QED) is 0.111. The number of aromatic nitrogens is 5. The molecule has 13 nitrogen and oxygen atoms in total. The molecule has 0 bridgehead atoms. The molecule has 3 N–H and O–H groups in total. The highest BCUT2D eigenvalue weighted by atomic mass is 35.5. The summed E-state index contributed by atoms with van der Waals surface area (Å²) >= 11 is 6.45. The summed E-state index contributed by atoms with van der Waals surface area (Å²) in [5.74, 6) is -10.8. The van der Waals surface area contributed by atoms with Crippen molar-refractivity contribution < 1.29 is 66.6 Å². The molecule has 0 spiro atoms. The first-order valence-electron chi connectivity index (χ1n) is 18.5. The largest absolute Gasteiger partial charge is 0.444 e. The predicted molar refractivity (Wildman–Crippen MR) is 205 cm³/mol. The van der Waals surface area contributed by atoms with Crippen molar-refractivity contribution in [3.63, 3.8) is 0 Å². The number of hydrogen-bond donors (Lipinski definition) is 3. The SMILES string of the molecule is CC(C)(C)OC(=O)Nc1ccc(-c2ccc(Cl)c3c(NS(C)(=O)=O)nn(CC(F)(F)F)c23)c([C@H](Cc2cc(F)cc(F)c2)NC(=O)Cn2nc(C(F)(F)F)c3c2C(F)(F)[C@@H]2C[C@H]32)n1. The molecule has 2 aromatic carbocycles. The van der Waals surface area contributed by atoms with Crippen LogP contribution in [0.1, 0.15) is 67.4 Å². The van der Waals surface area contributed by atoms with Crippen molar-refractivity contribution in [2.24, 2.45) is 5.92 Å². The number of anilines is 2. The third-order valence-electron chi connectivity index (χ3n) is 9.82. The molecule has 3 aromatic heterocycles. The smallest absolute Gasteiger partial charge is 0.435 e. The van der Waals surface area contributed by atoms with Gasteiger partial charge in [-0.15, -0.1) is 0 Å². The Morgan fingerprint density at radius 3 is 2.22 bits per heavy atom. The number of ether oxygens (including phenoxy) is 1. The molecule has 1 saturated carbocycles. The van der Waals surface area contributed by atoms with E-state index in [2.05, 4.69) is 25.8 Å². The molecule has 3 heterocycles. The van der Waals surface area contributed by atoms with E-state index in [1.807, 2.05) is 4.72 Å². The number of pyridine rings is 1. The standard InChI is InChI=1S/C38H33ClF10N8O5S/c1-35(2,3)62-34(59)52-25-8-6-19(20-5-7-23(39)28-30(20)57(15-36(42,43)44)54-33(28)55-63(4,60)61)29(51-25)24(11-16-9-17(40)12-18(41)10-16)50-26(58)14-56-32-27(31(53-56)38(47,48)49)21-13-22(21)37(32,45)46/h5-10,12,21-22,24H,11,13-15H2,1-4H3,(H,50,58)(H,54,55)(H,51,52,59)/t21-,22+,24-/m0/s1. The molecule has 63 heavy (non-hydrogen) atoms. The number of rotatable bonds is 11. The van der Waals surface area contributed by atoms with Gasteiger partial charge in [0.15, 0.2) is 11.5 Å². The fourth-order valence-corrected chi connectivity index (χ4v) is 8.36. The average Bonchev–Trinajstić information content (AvgIpc) is 3.63. The van der Waals surface area contributed by atoms with Gasteiger partial charge >= 0.3 is 18.4 Å². The van der Waals surface area contributed by atoms with Crippen LogP contribution in [0.2, 0.25) is 5.02 Å². The molecule has 5 aromatic rings. The van der Waals surface area contributed by atoms with E-state index < -0.39 is 129 Å². The fraction of sp³-hybridized carbons (Fsp3) is 0.395. The second kappa shape index (κ2) is 15.6. The van der Waals surface area contributed by atoms with Gasteiger partial charge in [0.1, 0.15) is 41.8 Å². The summed E-state index contributed by atoms with van der Waals surface area (Å²) in [6.45, 7) is 1.54. The van der Waals surface area contributed by atoms with Crippen LogP contribution in [-0.2, 0) is 51.2 Å². The maximum absolute atomic E-state index is 15.4. The number of carbonyl (C=O) groups excluding carboxylic acids is 2. The van der Waals surface area contributed by atoms with Crippen LogP contribution >= 0.6 is 11.6 Å². The Hall–Kier alpha value is -5.65. The van der Waals surface area contributed by atoms with Gasteiger partial charge in [-0.1, -0.05) is 17.7 Å². The highest BCUT2D eigenvalue weighted by Gasteiger charge is 2.68. The molecule has 7 rings (SSSR count). The topological polar surface area (TPSA) is 162 Å². The Labute approximate surface area is 355 Å². The van der Waals surface area contributed by atoms with Crippen LogP contribution in [0.5, 0.6) is 0 Å². The summed E-state index contributed by atoms with van der Waals surface area (Å²) in [4.78, 5) is 31.3. The molecule has 2 aliphatic carbocycles. The molecule has 338 valence electrons. The number of carbonyl (C=O) groups is 2. The minimum atomic E-state index is -5.18. The third kappa shape index (κ3) is 9.65. The summed E-state index contributed by atoms with van der Waals surface area (Å²) in [5, 5.41) is 11.4. The van der Waals surface area contributed by atoms with Crippen molar-refractivity contribution >= 4 is 56.2 Å². The first kappa shape index (κ1) is 45.4. The van der Waals surface area contributed by atoms with Crippen LogP contribution < -0.4 is 15.4 Å². The van der Waals surface area contributed by atoms with Crippen LogP contribution in [0.4, 0.5) is 60.3 Å². The molecular formula is C38H33ClF10N8O5S. The number of nitrogens with one attached hydrogen (secondary N) is 3. The van der Waals surface area contributed by atoms with Gasteiger partial charge in [-0.25, -0.2) is 27.0 Å². The van der Waals surface area contributed by atoms with Gasteiger partial charge in [-0.2, -0.15) is 45.3 Å². The van der Waals surface area contributed by atoms with E-state index in [1.165, 1.54) is 39.0 Å². The van der Waals surface area contributed by atoms with Crippen molar-refractivity contribution in [3.8, 4) is 11.1 Å². The molecule has 0 radical (unpaired) electrons. The van der Waals surface area contributed by atoms with E-state index in [4.69, 9.17) is 16.3 Å². The molecule has 3 atom stereocenters. The summed E-state index contributed by atoms with van der Waals surface area (Å²) in [5.41, 5.74) is -5.96. The number of fused-ring (bicyclic) bond motifs is 4. The monoisotopic (exact) mass is 938 g/mol. The number of nitrogens with zero attached hydrogens (tertiary/aromatic N) is 5. The predicted octanol–water partition coefficient (Wildman–Crippen LogP) is 8.84. The summed E-state index contributed by atoms with van der Waals surface area (Å²) < 4.78 is 177. The van der Waals surface area contributed by atoms with Gasteiger partial charge in [-0.3, -0.25) is 24.2 Å². The first-order chi connectivity index (χ1) is 29.0. The van der Waals surface area contributed by atoms with Gasteiger partial charge in [0.25, 0.3) is 5.92 Å². The number of sulfonamides is 1. The lowest BCUT2D eigenvalue weighted by molar-refractivity contribution is -0.142. The van der Waals surface area contributed by atoms with Gasteiger partial charge in [0.2, 0.25) is 15.9 Å². The lowest BCUT2D eigenvalue weighted by Crippen LogP contribution is -2.35. The molecule has 2 amide bonds. The van der Waals surface area contributed by atoms with E-state index in [-0.39, 0.29) is 44.0 Å². The number of halogens is 11. The minimum Gasteiger partial charge on any atom is -0.444 e. The Morgan fingerprint density at radius 2 is 1.62 bits per heavy atom. The van der Waals surface area contributed by atoms with Crippen molar-refractivity contribution in [2.75, 3.05) is 16.3 Å². The molecular weight excluding hydrogens is 906 g/mol. The fourth-order valence-electron chi connectivity index (χ4n) is 7.62. The highest BCUT2D eigenvalue weighted by Crippen LogP contribution is 2.68. The lowest BCUT2D eigenvalue weighted by atomic mass is 9.94. The number of alkyl halides is 8. The Balaban J connectivity index is 1.42. The van der Waals surface area contributed by atoms with E-state index >= 15 is 8.78 Å². The van der Waals surface area contributed by atoms with Crippen molar-refractivity contribution in [2.45, 2.75) is 82.5 Å². The third-order valence-corrected chi connectivity index (χ3v) is 10.7. The van der Waals surface area contributed by atoms with Crippen LogP contribution in [-0.4, -0.2) is 63.0 Å². The van der Waals surface area contributed by atoms with Crippen LogP contribution in [0.15, 0.2) is 42.5 Å². The summed E-state index contributed by atoms with van der Waals surface area (Å²) in [6, 6.07) is 5.20. The second-order valence-corrected chi connectivity index (χ2v) is 18.2. The van der Waals surface area contributed by atoms with Gasteiger partial charge < -0.3 is 10.1 Å². The highest BCUT2D eigenvalue weighted by molar-refractivity contribution is 7.92.